The molecule has 0 aliphatic carbocycles. The van der Waals surface area contributed by atoms with Crippen molar-refractivity contribution in [3.8, 4) is 6.07 Å². The SMILES string of the molecule is N#Cc1cnc(C(F)F)c(CBr)c1Br. The van der Waals surface area contributed by atoms with Crippen molar-refractivity contribution >= 4 is 31.9 Å². The molecule has 0 unspecified atom stereocenters. The lowest BCUT2D eigenvalue weighted by Crippen LogP contribution is -1.99. The maximum Gasteiger partial charge on any atom is 0.280 e. The van der Waals surface area contributed by atoms with Gasteiger partial charge in [-0.25, -0.2) is 8.78 Å². The highest BCUT2D eigenvalue weighted by Gasteiger charge is 2.18. The Morgan fingerprint density at radius 2 is 2.21 bits per heavy atom. The van der Waals surface area contributed by atoms with Crippen LogP contribution in [0, 0.1) is 11.3 Å². The minimum absolute atomic E-state index is 0.232. The summed E-state index contributed by atoms with van der Waals surface area (Å²) in [4.78, 5) is 3.55. The fourth-order valence-electron chi connectivity index (χ4n) is 0.937. The summed E-state index contributed by atoms with van der Waals surface area (Å²) in [5.41, 5.74) is 0.274. The van der Waals surface area contributed by atoms with Gasteiger partial charge in [0.2, 0.25) is 0 Å². The molecule has 0 aliphatic heterocycles. The molecule has 0 spiro atoms. The van der Waals surface area contributed by atoms with E-state index in [-0.39, 0.29) is 16.6 Å². The lowest BCUT2D eigenvalue weighted by Gasteiger charge is -2.08. The fourth-order valence-corrected chi connectivity index (χ4v) is 2.41. The van der Waals surface area contributed by atoms with Gasteiger partial charge in [-0.15, -0.1) is 0 Å². The second-order valence-corrected chi connectivity index (χ2v) is 3.75. The van der Waals surface area contributed by atoms with E-state index in [9.17, 15) is 8.78 Å². The first-order chi connectivity index (χ1) is 6.61. The molecule has 1 rings (SSSR count). The Morgan fingerprint density at radius 3 is 2.64 bits per heavy atom. The van der Waals surface area contributed by atoms with Gasteiger partial charge in [0.15, 0.2) is 0 Å². The Bertz CT molecular complexity index is 388. The van der Waals surface area contributed by atoms with Gasteiger partial charge in [0.05, 0.1) is 5.56 Å². The molecule has 0 radical (unpaired) electrons. The number of aromatic nitrogens is 1. The van der Waals surface area contributed by atoms with Crippen LogP contribution in [0.1, 0.15) is 23.2 Å². The molecule has 0 aromatic carbocycles. The van der Waals surface area contributed by atoms with Crippen LogP contribution in [0.15, 0.2) is 10.7 Å². The van der Waals surface area contributed by atoms with Crippen LogP contribution in [0.4, 0.5) is 8.78 Å². The summed E-state index contributed by atoms with van der Waals surface area (Å²) < 4.78 is 25.3. The Kier molecular flexibility index (Phi) is 3.96. The van der Waals surface area contributed by atoms with Crippen LogP contribution in [-0.2, 0) is 5.33 Å². The second kappa shape index (κ2) is 4.80. The zero-order valence-electron chi connectivity index (χ0n) is 6.77. The number of halogens is 4. The van der Waals surface area contributed by atoms with Gasteiger partial charge < -0.3 is 0 Å². The molecule has 0 fully saturated rings. The molecule has 0 saturated carbocycles. The van der Waals surface area contributed by atoms with E-state index in [1.807, 2.05) is 6.07 Å². The van der Waals surface area contributed by atoms with Crippen LogP contribution in [0.2, 0.25) is 0 Å². The number of alkyl halides is 3. The van der Waals surface area contributed by atoms with E-state index in [0.29, 0.717) is 10.0 Å². The molecule has 0 atom stereocenters. The normalized spacial score (nSPS) is 10.3. The van der Waals surface area contributed by atoms with E-state index in [0.717, 1.165) is 6.20 Å². The number of hydrogen-bond donors (Lipinski definition) is 0. The topological polar surface area (TPSA) is 36.7 Å². The van der Waals surface area contributed by atoms with Crippen molar-refractivity contribution in [2.45, 2.75) is 11.8 Å². The maximum atomic E-state index is 12.4. The largest absolute Gasteiger partial charge is 0.280 e. The van der Waals surface area contributed by atoms with E-state index < -0.39 is 6.43 Å². The Hall–Kier alpha value is -0.540. The van der Waals surface area contributed by atoms with Crippen LogP contribution >= 0.6 is 31.9 Å². The van der Waals surface area contributed by atoms with Crippen molar-refractivity contribution in [2.24, 2.45) is 0 Å². The third kappa shape index (κ3) is 2.10. The summed E-state index contributed by atoms with van der Waals surface area (Å²) in [6.07, 6.45) is -1.50. The van der Waals surface area contributed by atoms with Crippen molar-refractivity contribution in [3.05, 3.63) is 27.5 Å². The minimum atomic E-state index is -2.63. The molecule has 1 aromatic rings. The van der Waals surface area contributed by atoms with E-state index in [1.165, 1.54) is 0 Å². The number of rotatable bonds is 2. The van der Waals surface area contributed by atoms with E-state index in [2.05, 4.69) is 36.8 Å². The monoisotopic (exact) mass is 324 g/mol. The Labute approximate surface area is 96.2 Å². The van der Waals surface area contributed by atoms with Crippen LogP contribution in [0.25, 0.3) is 0 Å². The molecule has 0 saturated heterocycles. The first kappa shape index (κ1) is 11.5. The van der Waals surface area contributed by atoms with Crippen LogP contribution in [0.3, 0.4) is 0 Å². The molecule has 74 valence electrons. The third-order valence-electron chi connectivity index (χ3n) is 1.60. The second-order valence-electron chi connectivity index (χ2n) is 2.40. The zero-order chi connectivity index (χ0) is 10.7. The van der Waals surface area contributed by atoms with Gasteiger partial charge in [-0.1, -0.05) is 15.9 Å². The third-order valence-corrected chi connectivity index (χ3v) is 3.07. The number of nitriles is 1. The molecule has 1 heterocycles. The summed E-state index contributed by atoms with van der Waals surface area (Å²) in [6.45, 7) is 0. The number of nitrogens with zero attached hydrogens (tertiary/aromatic N) is 2. The quantitative estimate of drug-likeness (QED) is 0.780. The van der Waals surface area contributed by atoms with Crippen LogP contribution in [-0.4, -0.2) is 4.98 Å². The van der Waals surface area contributed by atoms with Crippen molar-refractivity contribution in [2.75, 3.05) is 0 Å². The average Bonchev–Trinajstić information content (AvgIpc) is 2.17. The number of pyridine rings is 1. The van der Waals surface area contributed by atoms with Crippen LogP contribution < -0.4 is 0 Å². The highest BCUT2D eigenvalue weighted by atomic mass is 79.9. The number of hydrogen-bond acceptors (Lipinski definition) is 2. The molecule has 2 nitrogen and oxygen atoms in total. The first-order valence-electron chi connectivity index (χ1n) is 3.53. The molecule has 0 aliphatic rings. The van der Waals surface area contributed by atoms with Gasteiger partial charge in [0, 0.05) is 21.6 Å². The van der Waals surface area contributed by atoms with Gasteiger partial charge in [-0.05, 0) is 15.9 Å². The standard InChI is InChI=1S/C8H4Br2F2N2/c9-1-5-6(10)4(2-13)3-14-7(5)8(11)12/h3,8H,1H2. The highest BCUT2D eigenvalue weighted by molar-refractivity contribution is 9.10. The summed E-state index contributed by atoms with van der Waals surface area (Å²) in [6, 6.07) is 1.86. The molecule has 0 bridgehead atoms. The fraction of sp³-hybridized carbons (Fsp3) is 0.250. The van der Waals surface area contributed by atoms with E-state index >= 15 is 0 Å². The van der Waals surface area contributed by atoms with E-state index in [1.54, 1.807) is 0 Å². The van der Waals surface area contributed by atoms with Gasteiger partial charge in [-0.3, -0.25) is 4.98 Å². The molecular formula is C8H4Br2F2N2. The predicted octanol–water partition coefficient (Wildman–Crippen LogP) is 3.55. The minimum Gasteiger partial charge on any atom is -0.254 e. The first-order valence-corrected chi connectivity index (χ1v) is 5.44. The molecular weight excluding hydrogens is 322 g/mol. The van der Waals surface area contributed by atoms with Crippen molar-refractivity contribution < 1.29 is 8.78 Å². The van der Waals surface area contributed by atoms with Crippen molar-refractivity contribution in [1.29, 1.82) is 5.26 Å². The lowest BCUT2D eigenvalue weighted by molar-refractivity contribution is 0.145. The Balaban J connectivity index is 3.38. The summed E-state index contributed by atoms with van der Waals surface area (Å²) >= 11 is 6.17. The summed E-state index contributed by atoms with van der Waals surface area (Å²) in [7, 11) is 0. The Morgan fingerprint density at radius 1 is 1.57 bits per heavy atom. The highest BCUT2D eigenvalue weighted by Crippen LogP contribution is 2.30. The van der Waals surface area contributed by atoms with Crippen molar-refractivity contribution in [1.82, 2.24) is 4.98 Å². The van der Waals surface area contributed by atoms with Gasteiger partial charge >= 0.3 is 0 Å². The maximum absolute atomic E-state index is 12.4. The van der Waals surface area contributed by atoms with Gasteiger partial charge in [-0.2, -0.15) is 5.26 Å². The predicted molar refractivity (Wildman–Crippen MR) is 54.2 cm³/mol. The molecule has 0 amide bonds. The molecule has 6 heteroatoms. The van der Waals surface area contributed by atoms with Crippen molar-refractivity contribution in [3.63, 3.8) is 0 Å². The lowest BCUT2D eigenvalue weighted by atomic mass is 10.1. The smallest absolute Gasteiger partial charge is 0.254 e. The molecule has 14 heavy (non-hydrogen) atoms. The summed E-state index contributed by atoms with van der Waals surface area (Å²) in [5.74, 6) is 0. The zero-order valence-corrected chi connectivity index (χ0v) is 9.94. The van der Waals surface area contributed by atoms with Gasteiger partial charge in [0.1, 0.15) is 11.8 Å². The molecule has 1 aromatic heterocycles. The molecule has 0 N–H and O–H groups in total. The van der Waals surface area contributed by atoms with Gasteiger partial charge in [0.25, 0.3) is 6.43 Å². The van der Waals surface area contributed by atoms with E-state index in [4.69, 9.17) is 5.26 Å². The summed E-state index contributed by atoms with van der Waals surface area (Å²) in [5, 5.41) is 8.88. The van der Waals surface area contributed by atoms with Crippen LogP contribution in [0.5, 0.6) is 0 Å². The average molecular weight is 326 g/mol.